The molecule has 0 aliphatic carbocycles. The van der Waals surface area contributed by atoms with E-state index in [9.17, 15) is 27.6 Å². The molecule has 0 spiro atoms. The molecular formula is C22H19ClF3N3O4. The Bertz CT molecular complexity index is 1190. The normalized spacial score (nSPS) is 12.3. The third-order valence-electron chi connectivity index (χ3n) is 4.66. The second-order valence-corrected chi connectivity index (χ2v) is 7.57. The molecule has 0 aliphatic heterocycles. The third kappa shape index (κ3) is 6.26. The number of halogens is 4. The maximum absolute atomic E-state index is 13.0. The third-order valence-corrected chi connectivity index (χ3v) is 4.99. The number of benzene rings is 2. The predicted octanol–water partition coefficient (Wildman–Crippen LogP) is 4.07. The zero-order chi connectivity index (χ0) is 24.2. The molecule has 1 aromatic heterocycles. The quantitative estimate of drug-likeness (QED) is 0.443. The summed E-state index contributed by atoms with van der Waals surface area (Å²) in [6.07, 6.45) is -2.88. The summed E-state index contributed by atoms with van der Waals surface area (Å²) in [6, 6.07) is 9.19. The molecule has 3 aromatic rings. The lowest BCUT2D eigenvalue weighted by Crippen LogP contribution is -2.43. The molecular weight excluding hydrogens is 463 g/mol. The average Bonchev–Trinajstić information content (AvgIpc) is 3.15. The van der Waals surface area contributed by atoms with Gasteiger partial charge in [0.1, 0.15) is 6.04 Å². The average molecular weight is 482 g/mol. The van der Waals surface area contributed by atoms with Gasteiger partial charge in [-0.2, -0.15) is 13.2 Å². The number of H-pyrrole nitrogens is 1. The molecule has 3 N–H and O–H groups in total. The number of para-hydroxylation sites is 1. The van der Waals surface area contributed by atoms with Crippen molar-refractivity contribution in [2.75, 3.05) is 11.9 Å². The minimum atomic E-state index is -4.70. The minimum Gasteiger partial charge on any atom is -0.454 e. The number of ether oxygens (including phenoxy) is 1. The number of hydrogen-bond donors (Lipinski definition) is 3. The van der Waals surface area contributed by atoms with Gasteiger partial charge in [0.2, 0.25) is 5.91 Å². The van der Waals surface area contributed by atoms with Crippen LogP contribution in [0.2, 0.25) is 5.02 Å². The monoisotopic (exact) mass is 481 g/mol. The van der Waals surface area contributed by atoms with Crippen LogP contribution in [0.25, 0.3) is 10.9 Å². The highest BCUT2D eigenvalue weighted by Crippen LogP contribution is 2.36. The molecule has 33 heavy (non-hydrogen) atoms. The van der Waals surface area contributed by atoms with Gasteiger partial charge in [0.05, 0.1) is 10.6 Å². The van der Waals surface area contributed by atoms with E-state index >= 15 is 0 Å². The fourth-order valence-corrected chi connectivity index (χ4v) is 3.44. The van der Waals surface area contributed by atoms with Gasteiger partial charge in [0.15, 0.2) is 6.61 Å². The van der Waals surface area contributed by atoms with Gasteiger partial charge in [-0.1, -0.05) is 29.8 Å². The van der Waals surface area contributed by atoms with Crippen molar-refractivity contribution in [1.29, 1.82) is 0 Å². The summed E-state index contributed by atoms with van der Waals surface area (Å²) >= 11 is 5.55. The van der Waals surface area contributed by atoms with Crippen molar-refractivity contribution in [3.05, 3.63) is 64.8 Å². The number of carbonyl (C=O) groups is 3. The number of aromatic amines is 1. The van der Waals surface area contributed by atoms with E-state index in [0.29, 0.717) is 6.07 Å². The molecule has 174 valence electrons. The molecule has 0 saturated heterocycles. The van der Waals surface area contributed by atoms with Crippen LogP contribution in [0.1, 0.15) is 18.1 Å². The number of nitrogens with one attached hydrogen (secondary N) is 3. The van der Waals surface area contributed by atoms with Crippen molar-refractivity contribution < 1.29 is 32.3 Å². The molecule has 0 unspecified atom stereocenters. The van der Waals surface area contributed by atoms with Crippen molar-refractivity contribution in [2.45, 2.75) is 25.6 Å². The van der Waals surface area contributed by atoms with E-state index in [0.717, 1.165) is 22.5 Å². The highest BCUT2D eigenvalue weighted by Gasteiger charge is 2.33. The highest BCUT2D eigenvalue weighted by atomic mass is 35.5. The number of amides is 2. The number of hydrogen-bond acceptors (Lipinski definition) is 4. The van der Waals surface area contributed by atoms with Gasteiger partial charge in [0, 0.05) is 36.1 Å². The summed E-state index contributed by atoms with van der Waals surface area (Å²) in [6.45, 7) is 0.480. The van der Waals surface area contributed by atoms with Crippen LogP contribution in [-0.4, -0.2) is 35.4 Å². The second kappa shape index (κ2) is 9.95. The Kier molecular flexibility index (Phi) is 7.27. The number of esters is 1. The Balaban J connectivity index is 1.64. The minimum absolute atomic E-state index is 0.107. The van der Waals surface area contributed by atoms with E-state index in [1.54, 1.807) is 6.20 Å². The summed E-state index contributed by atoms with van der Waals surface area (Å²) < 4.78 is 43.9. The van der Waals surface area contributed by atoms with Gasteiger partial charge in [-0.25, -0.2) is 4.79 Å². The molecule has 0 saturated carbocycles. The summed E-state index contributed by atoms with van der Waals surface area (Å²) in [7, 11) is 0. The zero-order valence-electron chi connectivity index (χ0n) is 17.3. The van der Waals surface area contributed by atoms with Gasteiger partial charge in [-0.15, -0.1) is 0 Å². The zero-order valence-corrected chi connectivity index (χ0v) is 18.0. The van der Waals surface area contributed by atoms with Crippen LogP contribution in [0.15, 0.2) is 48.7 Å². The van der Waals surface area contributed by atoms with Gasteiger partial charge >= 0.3 is 12.1 Å². The molecule has 0 bridgehead atoms. The Morgan fingerprint density at radius 2 is 1.88 bits per heavy atom. The summed E-state index contributed by atoms with van der Waals surface area (Å²) in [4.78, 5) is 39.3. The van der Waals surface area contributed by atoms with Crippen LogP contribution in [-0.2, 0) is 31.7 Å². The first-order valence-electron chi connectivity index (χ1n) is 9.70. The SMILES string of the molecule is CC(=O)N[C@@H](Cc1c[nH]c2ccccc12)C(=O)OCC(=O)Nc1ccc(Cl)c(C(F)(F)F)c1. The molecule has 1 atom stereocenters. The first kappa shape index (κ1) is 24.1. The van der Waals surface area contributed by atoms with Gasteiger partial charge in [0.25, 0.3) is 5.91 Å². The highest BCUT2D eigenvalue weighted by molar-refractivity contribution is 6.31. The summed E-state index contributed by atoms with van der Waals surface area (Å²) in [5, 5.41) is 5.06. The van der Waals surface area contributed by atoms with Gasteiger partial charge in [-0.05, 0) is 29.8 Å². The van der Waals surface area contributed by atoms with Crippen LogP contribution >= 0.6 is 11.6 Å². The van der Waals surface area contributed by atoms with Crippen molar-refractivity contribution in [3.63, 3.8) is 0 Å². The largest absolute Gasteiger partial charge is 0.454 e. The molecule has 7 nitrogen and oxygen atoms in total. The van der Waals surface area contributed by atoms with Crippen LogP contribution in [0.3, 0.4) is 0 Å². The van der Waals surface area contributed by atoms with Gasteiger partial charge in [-0.3, -0.25) is 9.59 Å². The Labute approximate surface area is 191 Å². The number of anilines is 1. The smallest absolute Gasteiger partial charge is 0.417 e. The Hall–Kier alpha value is -3.53. The van der Waals surface area contributed by atoms with Crippen molar-refractivity contribution in [1.82, 2.24) is 10.3 Å². The fraction of sp³-hybridized carbons (Fsp3) is 0.227. The lowest BCUT2D eigenvalue weighted by Gasteiger charge is -2.17. The van der Waals surface area contributed by atoms with Crippen LogP contribution in [0.4, 0.5) is 18.9 Å². The summed E-state index contributed by atoms with van der Waals surface area (Å²) in [5.41, 5.74) is 0.336. The van der Waals surface area contributed by atoms with E-state index in [1.807, 2.05) is 24.3 Å². The van der Waals surface area contributed by atoms with Crippen LogP contribution in [0.5, 0.6) is 0 Å². The first-order chi connectivity index (χ1) is 15.5. The van der Waals surface area contributed by atoms with E-state index in [2.05, 4.69) is 15.6 Å². The van der Waals surface area contributed by atoms with E-state index < -0.39 is 47.2 Å². The van der Waals surface area contributed by atoms with E-state index in [4.69, 9.17) is 16.3 Å². The molecule has 1 heterocycles. The van der Waals surface area contributed by atoms with Crippen molar-refractivity contribution in [3.8, 4) is 0 Å². The molecule has 0 aliphatic rings. The first-order valence-corrected chi connectivity index (χ1v) is 10.1. The number of alkyl halides is 3. The topological polar surface area (TPSA) is 100 Å². The molecule has 11 heteroatoms. The van der Waals surface area contributed by atoms with Crippen molar-refractivity contribution >= 4 is 46.0 Å². The second-order valence-electron chi connectivity index (χ2n) is 7.17. The Morgan fingerprint density at radius 3 is 2.58 bits per heavy atom. The molecule has 2 aromatic carbocycles. The standard InChI is InChI=1S/C22H19ClF3N3O4/c1-12(30)28-19(8-13-10-27-18-5-3-2-4-15(13)18)21(32)33-11-20(31)29-14-6-7-17(23)16(9-14)22(24,25)26/h2-7,9-10,19,27H,8,11H2,1H3,(H,28,30)(H,29,31)/t19-/m0/s1. The predicted molar refractivity (Wildman–Crippen MR) is 116 cm³/mol. The van der Waals surface area contributed by atoms with E-state index in [-0.39, 0.29) is 12.1 Å². The number of rotatable bonds is 7. The molecule has 3 rings (SSSR count). The van der Waals surface area contributed by atoms with Gasteiger partial charge < -0.3 is 20.4 Å². The summed E-state index contributed by atoms with van der Waals surface area (Å²) in [5.74, 6) is -2.19. The number of fused-ring (bicyclic) bond motifs is 1. The maximum Gasteiger partial charge on any atom is 0.417 e. The molecule has 2 amide bonds. The Morgan fingerprint density at radius 1 is 1.15 bits per heavy atom. The lowest BCUT2D eigenvalue weighted by atomic mass is 10.0. The maximum atomic E-state index is 13.0. The fourth-order valence-electron chi connectivity index (χ4n) is 3.21. The van der Waals surface area contributed by atoms with E-state index in [1.165, 1.54) is 13.0 Å². The molecule has 0 fully saturated rings. The number of carbonyl (C=O) groups excluding carboxylic acids is 3. The van der Waals surface area contributed by atoms with Crippen molar-refractivity contribution in [2.24, 2.45) is 0 Å². The van der Waals surface area contributed by atoms with Crippen LogP contribution < -0.4 is 10.6 Å². The number of aromatic nitrogens is 1. The van der Waals surface area contributed by atoms with Crippen LogP contribution in [0, 0.1) is 0 Å². The molecule has 0 radical (unpaired) electrons. The lowest BCUT2D eigenvalue weighted by molar-refractivity contribution is -0.150.